The molecule has 0 atom stereocenters. The van der Waals surface area contributed by atoms with Gasteiger partial charge in [-0.15, -0.1) is 12.4 Å². The van der Waals surface area contributed by atoms with Crippen molar-refractivity contribution in [1.82, 2.24) is 14.9 Å². The van der Waals surface area contributed by atoms with E-state index in [1.165, 1.54) is 0 Å². The summed E-state index contributed by atoms with van der Waals surface area (Å²) in [5.74, 6) is 0.905. The number of aliphatic imine (C=N–C) groups is 1. The van der Waals surface area contributed by atoms with Crippen LogP contribution < -0.4 is 10.6 Å². The van der Waals surface area contributed by atoms with Gasteiger partial charge >= 0.3 is 0 Å². The predicted molar refractivity (Wildman–Crippen MR) is 132 cm³/mol. The number of rotatable bonds is 4. The third-order valence-electron chi connectivity index (χ3n) is 6.24. The van der Waals surface area contributed by atoms with E-state index in [1.54, 1.807) is 10.4 Å². The first-order valence-corrected chi connectivity index (χ1v) is 12.5. The van der Waals surface area contributed by atoms with Crippen LogP contribution in [0.2, 0.25) is 5.02 Å². The number of benzene rings is 2. The van der Waals surface area contributed by atoms with Crippen molar-refractivity contribution in [2.24, 2.45) is 4.99 Å². The maximum atomic E-state index is 13.3. The first kappa shape index (κ1) is 25.0. The number of piperidine rings is 1. The SMILES string of the molecule is Cc1ccc(C)c(S(=O)(=O)N2CCC3(CC2)NCCN=C3NCc2ccccc2Cl)c1.Cl. The number of nitrogens with zero attached hydrogens (tertiary/aromatic N) is 2. The smallest absolute Gasteiger partial charge is 0.243 e. The zero-order valence-corrected chi connectivity index (χ0v) is 20.8. The lowest BCUT2D eigenvalue weighted by molar-refractivity contribution is 0.241. The lowest BCUT2D eigenvalue weighted by Gasteiger charge is -2.44. The van der Waals surface area contributed by atoms with E-state index >= 15 is 0 Å². The number of amidine groups is 1. The van der Waals surface area contributed by atoms with Crippen molar-refractivity contribution in [3.63, 3.8) is 0 Å². The summed E-state index contributed by atoms with van der Waals surface area (Å²) in [4.78, 5) is 5.16. The Labute approximate surface area is 201 Å². The molecule has 1 saturated heterocycles. The normalized spacial score (nSPS) is 18.7. The molecule has 0 amide bonds. The van der Waals surface area contributed by atoms with Gasteiger partial charge in [0.05, 0.1) is 17.0 Å². The van der Waals surface area contributed by atoms with Gasteiger partial charge in [-0.2, -0.15) is 4.31 Å². The van der Waals surface area contributed by atoms with Crippen molar-refractivity contribution < 1.29 is 8.42 Å². The minimum absolute atomic E-state index is 0. The molecule has 174 valence electrons. The topological polar surface area (TPSA) is 73.8 Å². The largest absolute Gasteiger partial charge is 0.368 e. The summed E-state index contributed by atoms with van der Waals surface area (Å²) in [6.07, 6.45) is 1.34. The van der Waals surface area contributed by atoms with Crippen molar-refractivity contribution in [1.29, 1.82) is 0 Å². The lowest BCUT2D eigenvalue weighted by Crippen LogP contribution is -2.64. The van der Waals surface area contributed by atoms with Gasteiger partial charge in [-0.3, -0.25) is 4.99 Å². The van der Waals surface area contributed by atoms with Crippen molar-refractivity contribution in [2.75, 3.05) is 26.2 Å². The highest BCUT2D eigenvalue weighted by Crippen LogP contribution is 2.30. The third-order valence-corrected chi connectivity index (χ3v) is 8.65. The van der Waals surface area contributed by atoms with E-state index in [2.05, 4.69) is 10.6 Å². The molecule has 2 heterocycles. The maximum absolute atomic E-state index is 13.3. The summed E-state index contributed by atoms with van der Waals surface area (Å²) < 4.78 is 28.2. The Morgan fingerprint density at radius 3 is 2.59 bits per heavy atom. The molecule has 9 heteroatoms. The number of halogens is 2. The molecule has 0 unspecified atom stereocenters. The molecule has 0 aromatic heterocycles. The number of hydrogen-bond acceptors (Lipinski definition) is 5. The molecular formula is C23H30Cl2N4O2S. The van der Waals surface area contributed by atoms with Gasteiger partial charge in [-0.05, 0) is 55.5 Å². The fourth-order valence-corrected chi connectivity index (χ4v) is 6.34. The van der Waals surface area contributed by atoms with Crippen LogP contribution in [0.3, 0.4) is 0 Å². The summed E-state index contributed by atoms with van der Waals surface area (Å²) in [5, 5.41) is 7.82. The van der Waals surface area contributed by atoms with Crippen LogP contribution in [-0.2, 0) is 16.6 Å². The first-order chi connectivity index (χ1) is 14.8. The molecule has 0 aliphatic carbocycles. The number of nitrogens with one attached hydrogen (secondary N) is 2. The Balaban J connectivity index is 0.00000289. The monoisotopic (exact) mass is 496 g/mol. The molecule has 6 nitrogen and oxygen atoms in total. The van der Waals surface area contributed by atoms with Gasteiger partial charge in [-0.1, -0.05) is 41.9 Å². The number of sulfonamides is 1. The van der Waals surface area contributed by atoms with Gasteiger partial charge in [0.25, 0.3) is 0 Å². The van der Waals surface area contributed by atoms with Crippen LogP contribution in [0.5, 0.6) is 0 Å². The molecule has 2 aromatic carbocycles. The number of hydrogen-bond donors (Lipinski definition) is 2. The standard InChI is InChI=1S/C23H29ClN4O2S.ClH/c1-17-7-8-18(2)21(15-17)31(29,30)28-13-9-23(10-14-28)22(25-11-12-27-23)26-16-19-5-3-4-6-20(19)24;/h3-8,15,27H,9-14,16H2,1-2H3,(H,25,26);1H. The van der Waals surface area contributed by atoms with E-state index in [4.69, 9.17) is 16.6 Å². The van der Waals surface area contributed by atoms with E-state index in [1.807, 2.05) is 50.2 Å². The average Bonchev–Trinajstić information content (AvgIpc) is 2.76. The molecule has 1 spiro atoms. The summed E-state index contributed by atoms with van der Waals surface area (Å²) >= 11 is 6.30. The quantitative estimate of drug-likeness (QED) is 0.676. The fraction of sp³-hybridized carbons (Fsp3) is 0.435. The Hall–Kier alpha value is -1.64. The van der Waals surface area contributed by atoms with Crippen molar-refractivity contribution >= 4 is 39.9 Å². The van der Waals surface area contributed by atoms with Crippen molar-refractivity contribution in [3.05, 3.63) is 64.2 Å². The summed E-state index contributed by atoms with van der Waals surface area (Å²) in [6, 6.07) is 13.4. The molecular weight excluding hydrogens is 467 g/mol. The zero-order valence-electron chi connectivity index (χ0n) is 18.4. The van der Waals surface area contributed by atoms with Crippen molar-refractivity contribution in [2.45, 2.75) is 43.7 Å². The molecule has 2 aliphatic rings. The first-order valence-electron chi connectivity index (χ1n) is 10.7. The lowest BCUT2D eigenvalue weighted by atomic mass is 9.85. The summed E-state index contributed by atoms with van der Waals surface area (Å²) in [5.41, 5.74) is 2.42. The van der Waals surface area contributed by atoms with Gasteiger partial charge in [-0.25, -0.2) is 8.42 Å². The molecule has 2 N–H and O–H groups in total. The molecule has 0 saturated carbocycles. The van der Waals surface area contributed by atoms with Gasteiger partial charge in [0.2, 0.25) is 10.0 Å². The van der Waals surface area contributed by atoms with Crippen LogP contribution in [0.1, 0.15) is 29.5 Å². The Morgan fingerprint density at radius 2 is 1.88 bits per heavy atom. The highest BCUT2D eigenvalue weighted by atomic mass is 35.5. The predicted octanol–water partition coefficient (Wildman–Crippen LogP) is 3.69. The molecule has 2 aromatic rings. The second kappa shape index (κ2) is 10.1. The number of aryl methyl sites for hydroxylation is 2. The van der Waals surface area contributed by atoms with Crippen LogP contribution in [0.25, 0.3) is 0 Å². The zero-order chi connectivity index (χ0) is 22.1. The summed E-state index contributed by atoms with van der Waals surface area (Å²) in [6.45, 7) is 6.77. The third kappa shape index (κ3) is 4.97. The van der Waals surface area contributed by atoms with Crippen LogP contribution >= 0.6 is 24.0 Å². The molecule has 2 aliphatic heterocycles. The van der Waals surface area contributed by atoms with E-state index in [0.717, 1.165) is 34.1 Å². The van der Waals surface area contributed by atoms with Crippen LogP contribution in [-0.4, -0.2) is 50.3 Å². The highest BCUT2D eigenvalue weighted by molar-refractivity contribution is 7.89. The molecule has 4 rings (SSSR count). The Morgan fingerprint density at radius 1 is 1.16 bits per heavy atom. The van der Waals surface area contributed by atoms with Crippen LogP contribution in [0.4, 0.5) is 0 Å². The maximum Gasteiger partial charge on any atom is 0.243 e. The Kier molecular flexibility index (Phi) is 7.89. The molecule has 1 fully saturated rings. The highest BCUT2D eigenvalue weighted by Gasteiger charge is 2.43. The van der Waals surface area contributed by atoms with E-state index in [-0.39, 0.29) is 17.9 Å². The second-order valence-electron chi connectivity index (χ2n) is 8.36. The summed E-state index contributed by atoms with van der Waals surface area (Å²) in [7, 11) is -3.52. The van der Waals surface area contributed by atoms with Crippen molar-refractivity contribution in [3.8, 4) is 0 Å². The molecule has 0 bridgehead atoms. The van der Waals surface area contributed by atoms with Gasteiger partial charge < -0.3 is 10.6 Å². The average molecular weight is 497 g/mol. The van der Waals surface area contributed by atoms with Crippen LogP contribution in [0, 0.1) is 13.8 Å². The minimum atomic E-state index is -3.52. The van der Waals surface area contributed by atoms with E-state index in [0.29, 0.717) is 43.9 Å². The minimum Gasteiger partial charge on any atom is -0.368 e. The van der Waals surface area contributed by atoms with E-state index in [9.17, 15) is 8.42 Å². The van der Waals surface area contributed by atoms with E-state index < -0.39 is 10.0 Å². The van der Waals surface area contributed by atoms with Gasteiger partial charge in [0.15, 0.2) is 0 Å². The van der Waals surface area contributed by atoms with Crippen LogP contribution in [0.15, 0.2) is 52.4 Å². The van der Waals surface area contributed by atoms with Gasteiger partial charge in [0, 0.05) is 31.2 Å². The Bertz CT molecular complexity index is 1100. The molecule has 0 radical (unpaired) electrons. The fourth-order valence-electron chi connectivity index (χ4n) is 4.39. The molecule has 32 heavy (non-hydrogen) atoms. The second-order valence-corrected chi connectivity index (χ2v) is 10.7. The van der Waals surface area contributed by atoms with Gasteiger partial charge in [0.1, 0.15) is 5.84 Å².